The molecule has 0 aliphatic carbocycles. The Labute approximate surface area is 715 Å². The molecule has 0 saturated heterocycles. The summed E-state index contributed by atoms with van der Waals surface area (Å²) in [5.41, 5.74) is 0. The fourth-order valence-electron chi connectivity index (χ4n) is 15.5. The third kappa shape index (κ3) is 89.8. The Kier molecular flexibility index (Phi) is 89.3. The van der Waals surface area contributed by atoms with E-state index in [1.165, 1.54) is 372 Å². The molecule has 0 aliphatic heterocycles. The van der Waals surface area contributed by atoms with Gasteiger partial charge < -0.3 is 33.8 Å². The topological polar surface area (TPSA) is 237 Å². The van der Waals surface area contributed by atoms with Gasteiger partial charge in [0.2, 0.25) is 0 Å². The first-order valence-corrected chi connectivity index (χ1v) is 53.3. The maximum Gasteiger partial charge on any atom is 0.472 e. The van der Waals surface area contributed by atoms with Gasteiger partial charge in [0.25, 0.3) is 0 Å². The molecule has 0 amide bonds. The van der Waals surface area contributed by atoms with E-state index in [0.717, 1.165) is 89.9 Å². The van der Waals surface area contributed by atoms with Crippen LogP contribution in [0.2, 0.25) is 0 Å². The highest BCUT2D eigenvalue weighted by Crippen LogP contribution is 2.45. The van der Waals surface area contributed by atoms with Crippen molar-refractivity contribution in [2.45, 2.75) is 560 Å². The van der Waals surface area contributed by atoms with Crippen LogP contribution in [0.1, 0.15) is 541 Å². The number of aliphatic hydroxyl groups excluding tert-OH is 1. The van der Waals surface area contributed by atoms with Crippen LogP contribution in [0.3, 0.4) is 0 Å². The average Bonchev–Trinajstić information content (AvgIpc) is 0.893. The number of phosphoric acid groups is 2. The van der Waals surface area contributed by atoms with Crippen LogP contribution in [-0.2, 0) is 65.4 Å². The third-order valence-corrected chi connectivity index (χ3v) is 25.0. The minimum Gasteiger partial charge on any atom is -0.462 e. The summed E-state index contributed by atoms with van der Waals surface area (Å²) in [6, 6.07) is 0. The second-order valence-corrected chi connectivity index (χ2v) is 37.7. The summed E-state index contributed by atoms with van der Waals surface area (Å²) in [5.74, 6) is -2.08. The number of esters is 4. The van der Waals surface area contributed by atoms with E-state index in [9.17, 15) is 43.2 Å². The normalized spacial score (nSPS) is 13.5. The summed E-state index contributed by atoms with van der Waals surface area (Å²) in [5, 5.41) is 10.7. The van der Waals surface area contributed by atoms with Gasteiger partial charge >= 0.3 is 39.5 Å². The highest BCUT2D eigenvalue weighted by molar-refractivity contribution is 7.47. The highest BCUT2D eigenvalue weighted by atomic mass is 31.2. The van der Waals surface area contributed by atoms with Crippen molar-refractivity contribution in [1.82, 2.24) is 0 Å². The quantitative estimate of drug-likeness (QED) is 0.0222. The van der Waals surface area contributed by atoms with Crippen molar-refractivity contribution >= 4 is 39.5 Å². The number of hydrogen-bond acceptors (Lipinski definition) is 15. The maximum atomic E-state index is 13.2. The van der Waals surface area contributed by atoms with E-state index in [2.05, 4.69) is 27.7 Å². The maximum absolute atomic E-state index is 13.2. The van der Waals surface area contributed by atoms with Gasteiger partial charge in [-0.2, -0.15) is 0 Å². The summed E-state index contributed by atoms with van der Waals surface area (Å²) in [6.07, 6.45) is 90.6. The first kappa shape index (κ1) is 114. The first-order valence-electron chi connectivity index (χ1n) is 50.3. The smallest absolute Gasteiger partial charge is 0.462 e. The van der Waals surface area contributed by atoms with Crippen molar-refractivity contribution in [2.75, 3.05) is 39.6 Å². The molecule has 0 heterocycles. The Balaban J connectivity index is 5.23. The van der Waals surface area contributed by atoms with Crippen LogP contribution >= 0.6 is 15.6 Å². The van der Waals surface area contributed by atoms with Crippen LogP contribution in [0.15, 0.2) is 0 Å². The molecule has 3 N–H and O–H groups in total. The fourth-order valence-corrected chi connectivity index (χ4v) is 17.0. The van der Waals surface area contributed by atoms with E-state index in [0.29, 0.717) is 25.7 Å². The number of rotatable bonds is 98. The number of unbranched alkanes of at least 4 members (excludes halogenated alkanes) is 72. The van der Waals surface area contributed by atoms with Crippen molar-refractivity contribution in [3.63, 3.8) is 0 Å². The molecule has 0 rings (SSSR count). The lowest BCUT2D eigenvalue weighted by Crippen LogP contribution is -2.30. The Morgan fingerprint density at radius 1 is 0.207 bits per heavy atom. The minimum atomic E-state index is -4.97. The third-order valence-electron chi connectivity index (χ3n) is 23.1. The van der Waals surface area contributed by atoms with Gasteiger partial charge in [0.15, 0.2) is 12.2 Å². The van der Waals surface area contributed by atoms with Crippen LogP contribution in [0.4, 0.5) is 0 Å². The highest BCUT2D eigenvalue weighted by Gasteiger charge is 2.31. The molecule has 2 unspecified atom stereocenters. The van der Waals surface area contributed by atoms with Crippen molar-refractivity contribution < 1.29 is 80.2 Å². The van der Waals surface area contributed by atoms with Gasteiger partial charge in [-0.3, -0.25) is 37.3 Å². The lowest BCUT2D eigenvalue weighted by molar-refractivity contribution is -0.161. The summed E-state index contributed by atoms with van der Waals surface area (Å²) in [4.78, 5) is 73.6. The predicted octanol–water partition coefficient (Wildman–Crippen LogP) is 30.8. The lowest BCUT2D eigenvalue weighted by atomic mass is 10.0. The molecule has 116 heavy (non-hydrogen) atoms. The first-order chi connectivity index (χ1) is 56.7. The Morgan fingerprint density at radius 2 is 0.345 bits per heavy atom. The number of hydrogen-bond donors (Lipinski definition) is 3. The molecule has 0 aromatic heterocycles. The second kappa shape index (κ2) is 90.8. The molecule has 0 aliphatic rings. The van der Waals surface area contributed by atoms with Crippen LogP contribution in [0, 0.1) is 0 Å². The molecule has 0 spiro atoms. The molecule has 19 heteroatoms. The van der Waals surface area contributed by atoms with Crippen LogP contribution < -0.4 is 0 Å². The molecule has 0 fully saturated rings. The van der Waals surface area contributed by atoms with E-state index in [-0.39, 0.29) is 25.7 Å². The molecular formula is C97H190O17P2. The summed E-state index contributed by atoms with van der Waals surface area (Å²) >= 11 is 0. The summed E-state index contributed by atoms with van der Waals surface area (Å²) < 4.78 is 69.3. The van der Waals surface area contributed by atoms with Gasteiger partial charge in [0, 0.05) is 25.7 Å². The molecule has 0 bridgehead atoms. The van der Waals surface area contributed by atoms with Crippen LogP contribution in [-0.4, -0.2) is 96.7 Å². The van der Waals surface area contributed by atoms with E-state index in [1.807, 2.05) is 0 Å². The van der Waals surface area contributed by atoms with Crippen molar-refractivity contribution in [3.8, 4) is 0 Å². The standard InChI is InChI=1S/C97H190O17P2/c1-5-9-13-17-21-25-29-33-36-39-42-45-47-50-52-55-58-62-66-70-74-78-82-95(100)108-88-93(114-97(102)84-80-76-72-68-64-60-57-54-51-48-46-43-40-37-34-30-26-22-18-14-10-6-2)90-112-116(105,106)110-86-91(98)85-109-115(103,104)111-89-92(87-107-94(99)81-77-73-69-65-61-32-28-24-20-16-12-8-4)113-96(101)83-79-75-71-67-63-59-56-53-49-44-41-38-35-31-27-23-19-15-11-7-3/h91-93,98H,5-90H2,1-4H3,(H,103,104)(H,105,106)/t91-,92+,93+/m0/s1. The van der Waals surface area contributed by atoms with Crippen molar-refractivity contribution in [1.29, 1.82) is 0 Å². The molecule has 17 nitrogen and oxygen atoms in total. The van der Waals surface area contributed by atoms with Gasteiger partial charge in [-0.15, -0.1) is 0 Å². The summed E-state index contributed by atoms with van der Waals surface area (Å²) in [7, 11) is -9.94. The Hall–Kier alpha value is -1.94. The summed E-state index contributed by atoms with van der Waals surface area (Å²) in [6.45, 7) is 5.12. The zero-order valence-corrected chi connectivity index (χ0v) is 78.3. The largest absolute Gasteiger partial charge is 0.472 e. The lowest BCUT2D eigenvalue weighted by Gasteiger charge is -2.21. The van der Waals surface area contributed by atoms with E-state index in [4.69, 9.17) is 37.0 Å². The van der Waals surface area contributed by atoms with Gasteiger partial charge in [-0.1, -0.05) is 490 Å². The van der Waals surface area contributed by atoms with E-state index >= 15 is 0 Å². The SMILES string of the molecule is CCCCCCCCCCCCCCCCCCCCCCCCC(=O)OC[C@H](COP(=O)(O)OC[C@@H](O)COP(=O)(O)OC[C@@H](COC(=O)CCCCCCCCCCCCCC)OC(=O)CCCCCCCCCCCCCCCCCCCCCC)OC(=O)CCCCCCCCCCCCCCCCCCCCCCCC. The monoisotopic (exact) mass is 1690 g/mol. The van der Waals surface area contributed by atoms with Crippen molar-refractivity contribution in [3.05, 3.63) is 0 Å². The molecule has 5 atom stereocenters. The Bertz CT molecular complexity index is 2170. The van der Waals surface area contributed by atoms with E-state index in [1.54, 1.807) is 0 Å². The Morgan fingerprint density at radius 3 is 0.509 bits per heavy atom. The molecular weight excluding hydrogens is 1500 g/mol. The van der Waals surface area contributed by atoms with Crippen molar-refractivity contribution in [2.24, 2.45) is 0 Å². The number of aliphatic hydroxyl groups is 1. The number of phosphoric ester groups is 2. The van der Waals surface area contributed by atoms with Gasteiger partial charge in [-0.25, -0.2) is 9.13 Å². The zero-order valence-electron chi connectivity index (χ0n) is 76.5. The fraction of sp³-hybridized carbons (Fsp3) is 0.959. The molecule has 0 radical (unpaired) electrons. The van der Waals surface area contributed by atoms with E-state index < -0.39 is 97.5 Å². The number of carbonyl (C=O) groups excluding carboxylic acids is 4. The van der Waals surface area contributed by atoms with Crippen LogP contribution in [0.25, 0.3) is 0 Å². The molecule has 0 aromatic carbocycles. The zero-order chi connectivity index (χ0) is 84.5. The molecule has 690 valence electrons. The number of carbonyl (C=O) groups is 4. The van der Waals surface area contributed by atoms with Crippen LogP contribution in [0.5, 0.6) is 0 Å². The predicted molar refractivity (Wildman–Crippen MR) is 483 cm³/mol. The molecule has 0 aromatic rings. The van der Waals surface area contributed by atoms with Gasteiger partial charge in [-0.05, 0) is 25.7 Å². The number of ether oxygens (including phenoxy) is 4. The molecule has 0 saturated carbocycles. The second-order valence-electron chi connectivity index (χ2n) is 34.8. The van der Waals surface area contributed by atoms with Gasteiger partial charge in [0.05, 0.1) is 26.4 Å². The average molecular weight is 1690 g/mol. The minimum absolute atomic E-state index is 0.110. The van der Waals surface area contributed by atoms with Gasteiger partial charge in [0.1, 0.15) is 19.3 Å².